The Morgan fingerprint density at radius 1 is 0.696 bits per heavy atom. The van der Waals surface area contributed by atoms with Gasteiger partial charge in [0.25, 0.3) is 0 Å². The predicted octanol–water partition coefficient (Wildman–Crippen LogP) is 3.61. The molecule has 0 aliphatic rings. The van der Waals surface area contributed by atoms with Crippen LogP contribution in [0.25, 0.3) is 0 Å². The smallest absolute Gasteiger partial charge is 0.336 e. The first-order valence-corrected chi connectivity index (χ1v) is 13.5. The molecule has 0 aliphatic heterocycles. The molecule has 0 saturated heterocycles. The summed E-state index contributed by atoms with van der Waals surface area (Å²) in [4.78, 5) is 0. The predicted molar refractivity (Wildman–Crippen MR) is 95.9 cm³/mol. The van der Waals surface area contributed by atoms with E-state index in [1.165, 1.54) is 0 Å². The van der Waals surface area contributed by atoms with E-state index in [2.05, 4.69) is 26.9 Å². The van der Waals surface area contributed by atoms with Crippen molar-refractivity contribution in [1.29, 1.82) is 0 Å². The van der Waals surface area contributed by atoms with Gasteiger partial charge in [0.15, 0.2) is 0 Å². The van der Waals surface area contributed by atoms with Crippen LogP contribution in [0.5, 0.6) is 0 Å². The molecule has 23 heavy (non-hydrogen) atoms. The zero-order valence-electron chi connectivity index (χ0n) is 15.8. The van der Waals surface area contributed by atoms with Gasteiger partial charge < -0.3 is 27.2 Å². The summed E-state index contributed by atoms with van der Waals surface area (Å²) in [6.07, 6.45) is 2.93. The quantitative estimate of drug-likeness (QED) is 0.236. The maximum atomic E-state index is 5.75. The van der Waals surface area contributed by atoms with E-state index in [-0.39, 0.29) is 13.6 Å². The lowest BCUT2D eigenvalue weighted by atomic mass is 10.5. The molecule has 0 aromatic carbocycles. The Morgan fingerprint density at radius 3 is 1.39 bits per heavy atom. The fraction of sp³-hybridized carbons (Fsp3) is 1.00. The van der Waals surface area contributed by atoms with Crippen LogP contribution in [0.15, 0.2) is 0 Å². The van der Waals surface area contributed by atoms with Crippen molar-refractivity contribution >= 4 is 17.1 Å². The Hall–Kier alpha value is 0.194. The van der Waals surface area contributed by atoms with Crippen molar-refractivity contribution in [3.05, 3.63) is 0 Å². The van der Waals surface area contributed by atoms with E-state index in [1.807, 2.05) is 0 Å². The highest BCUT2D eigenvalue weighted by Gasteiger charge is 2.29. The maximum Gasteiger partial charge on any atom is 0.336 e. The van der Waals surface area contributed by atoms with Crippen LogP contribution in [0.2, 0.25) is 25.2 Å². The topological polar surface area (TPSA) is 55.4 Å². The monoisotopic (exact) mass is 368 g/mol. The van der Waals surface area contributed by atoms with Crippen LogP contribution in [0, 0.1) is 0 Å². The molecule has 0 spiro atoms. The summed E-state index contributed by atoms with van der Waals surface area (Å²) >= 11 is 0. The molecule has 0 N–H and O–H groups in total. The van der Waals surface area contributed by atoms with E-state index in [0.717, 1.165) is 31.4 Å². The normalized spacial score (nSPS) is 17.0. The van der Waals surface area contributed by atoms with Crippen molar-refractivity contribution < 1.29 is 27.2 Å². The zero-order valence-corrected chi connectivity index (χ0v) is 17.8. The summed E-state index contributed by atoms with van der Waals surface area (Å²) in [6.45, 7) is 10.2. The molecule has 0 aliphatic carbocycles. The fourth-order valence-corrected chi connectivity index (χ4v) is 5.50. The Labute approximate surface area is 144 Å². The third-order valence-electron chi connectivity index (χ3n) is 3.74. The molecule has 6 nitrogen and oxygen atoms in total. The van der Waals surface area contributed by atoms with Crippen LogP contribution < -0.4 is 0 Å². The molecule has 0 heterocycles. The lowest BCUT2D eigenvalue weighted by Crippen LogP contribution is -2.38. The first-order valence-electron chi connectivity index (χ1n) is 8.49. The molecule has 0 radical (unpaired) electrons. The molecule has 2 atom stereocenters. The van der Waals surface area contributed by atoms with Crippen molar-refractivity contribution in [3.63, 3.8) is 0 Å². The average molecular weight is 369 g/mol. The van der Waals surface area contributed by atoms with E-state index < -0.39 is 17.1 Å². The van der Waals surface area contributed by atoms with Gasteiger partial charge in [0.1, 0.15) is 13.6 Å². The minimum atomic E-state index is -2.02. The van der Waals surface area contributed by atoms with Crippen molar-refractivity contribution in [1.82, 2.24) is 0 Å². The molecule has 0 rings (SSSR count). The maximum absolute atomic E-state index is 5.75. The molecule has 0 bridgehead atoms. The first kappa shape index (κ1) is 23.2. The van der Waals surface area contributed by atoms with Crippen LogP contribution in [0.3, 0.4) is 0 Å². The highest BCUT2D eigenvalue weighted by atomic mass is 28.4. The summed E-state index contributed by atoms with van der Waals surface area (Å²) in [7, 11) is -0.619. The molecule has 0 amide bonds. The van der Waals surface area contributed by atoms with Crippen molar-refractivity contribution in [3.8, 4) is 0 Å². The summed E-state index contributed by atoms with van der Waals surface area (Å²) in [6, 6.07) is 1.96. The number of hydrogen-bond donors (Lipinski definition) is 0. The van der Waals surface area contributed by atoms with Crippen LogP contribution >= 0.6 is 0 Å². The Morgan fingerprint density at radius 2 is 1.09 bits per heavy atom. The number of ether oxygens (including phenoxy) is 2. The number of rotatable bonds is 16. The van der Waals surface area contributed by atoms with Crippen molar-refractivity contribution in [2.24, 2.45) is 0 Å². The molecule has 0 saturated carbocycles. The molecule has 140 valence electrons. The van der Waals surface area contributed by atoms with E-state index in [0.29, 0.717) is 13.2 Å². The molecule has 2 unspecified atom stereocenters. The summed E-state index contributed by atoms with van der Waals surface area (Å²) in [5, 5.41) is 0. The van der Waals surface area contributed by atoms with E-state index in [4.69, 9.17) is 27.2 Å². The van der Waals surface area contributed by atoms with Gasteiger partial charge in [-0.15, -0.1) is 0 Å². The fourth-order valence-electron chi connectivity index (χ4n) is 2.09. The van der Waals surface area contributed by atoms with E-state index in [1.54, 1.807) is 14.2 Å². The molecule has 0 fully saturated rings. The third kappa shape index (κ3) is 11.4. The SMILES string of the molecule is CCC[Si](C)(OC)OCOCCCOCO[Si](C)(CCC)OC. The van der Waals surface area contributed by atoms with Gasteiger partial charge in [-0.1, -0.05) is 26.7 Å². The van der Waals surface area contributed by atoms with Crippen LogP contribution in [0.1, 0.15) is 33.1 Å². The Bertz CT molecular complexity index is 259. The highest BCUT2D eigenvalue weighted by molar-refractivity contribution is 6.66. The van der Waals surface area contributed by atoms with Gasteiger partial charge in [0, 0.05) is 14.2 Å². The van der Waals surface area contributed by atoms with Crippen molar-refractivity contribution in [2.75, 3.05) is 41.0 Å². The van der Waals surface area contributed by atoms with Crippen molar-refractivity contribution in [2.45, 2.75) is 58.3 Å². The molecular weight excluding hydrogens is 332 g/mol. The molecule has 0 aromatic heterocycles. The zero-order chi connectivity index (χ0) is 17.6. The second-order valence-corrected chi connectivity index (χ2v) is 12.8. The van der Waals surface area contributed by atoms with Gasteiger partial charge in [0.2, 0.25) is 0 Å². The van der Waals surface area contributed by atoms with Gasteiger partial charge in [-0.3, -0.25) is 0 Å². The van der Waals surface area contributed by atoms with Crippen LogP contribution in [0.4, 0.5) is 0 Å². The van der Waals surface area contributed by atoms with Gasteiger partial charge in [-0.05, 0) is 31.6 Å². The molecule has 8 heteroatoms. The minimum absolute atomic E-state index is 0.290. The third-order valence-corrected chi connectivity index (χ3v) is 9.75. The lowest BCUT2D eigenvalue weighted by molar-refractivity contribution is -0.0344. The summed E-state index contributed by atoms with van der Waals surface area (Å²) < 4.78 is 33.4. The minimum Gasteiger partial charge on any atom is -0.398 e. The van der Waals surface area contributed by atoms with Gasteiger partial charge in [-0.25, -0.2) is 0 Å². The van der Waals surface area contributed by atoms with Gasteiger partial charge in [0.05, 0.1) is 13.2 Å². The average Bonchev–Trinajstić information content (AvgIpc) is 2.54. The Kier molecular flexibility index (Phi) is 13.6. The van der Waals surface area contributed by atoms with Gasteiger partial charge >= 0.3 is 17.1 Å². The molecule has 0 aromatic rings. The largest absolute Gasteiger partial charge is 0.398 e. The highest BCUT2D eigenvalue weighted by Crippen LogP contribution is 2.15. The van der Waals surface area contributed by atoms with Crippen LogP contribution in [-0.2, 0) is 27.2 Å². The Balaban J connectivity index is 3.56. The van der Waals surface area contributed by atoms with E-state index >= 15 is 0 Å². The second kappa shape index (κ2) is 13.5. The van der Waals surface area contributed by atoms with Gasteiger partial charge in [-0.2, -0.15) is 0 Å². The second-order valence-electron chi connectivity index (χ2n) is 5.87. The number of hydrogen-bond acceptors (Lipinski definition) is 6. The van der Waals surface area contributed by atoms with Crippen LogP contribution in [-0.4, -0.2) is 58.1 Å². The molecular formula is C15H36O6Si2. The standard InChI is InChI=1S/C15H36O6Si2/c1-7-12-22(5,16-3)20-14-18-10-9-11-19-15-21-23(6,17-4)13-8-2/h7-15H2,1-6H3. The summed E-state index contributed by atoms with van der Waals surface area (Å²) in [5.41, 5.74) is 0. The lowest BCUT2D eigenvalue weighted by Gasteiger charge is -2.24. The summed E-state index contributed by atoms with van der Waals surface area (Å²) in [5.74, 6) is 0. The first-order chi connectivity index (χ1) is 10.9. The van der Waals surface area contributed by atoms with E-state index in [9.17, 15) is 0 Å².